The van der Waals surface area contributed by atoms with Crippen molar-refractivity contribution >= 4 is 23.8 Å². The van der Waals surface area contributed by atoms with Crippen LogP contribution < -0.4 is 11.5 Å². The van der Waals surface area contributed by atoms with Crippen LogP contribution in [-0.4, -0.2) is 34.0 Å². The molecule has 56 heavy (non-hydrogen) atoms. The number of primary amides is 2. The lowest BCUT2D eigenvalue weighted by Crippen LogP contribution is -2.09. The summed E-state index contributed by atoms with van der Waals surface area (Å²) >= 11 is 0. The van der Waals surface area contributed by atoms with Crippen LogP contribution in [0.3, 0.4) is 0 Å². The van der Waals surface area contributed by atoms with Gasteiger partial charge in [0.1, 0.15) is 0 Å². The highest BCUT2D eigenvalue weighted by atomic mass is 16.4. The number of carboxylic acids is 2. The molecule has 0 aromatic heterocycles. The number of carbonyl (C=O) groups excluding carboxylic acids is 2. The van der Waals surface area contributed by atoms with Crippen molar-refractivity contribution in [2.45, 2.75) is 258 Å². The topological polar surface area (TPSA) is 161 Å². The van der Waals surface area contributed by atoms with E-state index in [1.165, 1.54) is 154 Å². The summed E-state index contributed by atoms with van der Waals surface area (Å²) in [6.07, 6.45) is 43.1. The summed E-state index contributed by atoms with van der Waals surface area (Å²) in [5, 5.41) is 16.9. The van der Waals surface area contributed by atoms with Crippen molar-refractivity contribution in [1.82, 2.24) is 0 Å². The lowest BCUT2D eigenvalue weighted by molar-refractivity contribution is -0.138. The Bertz CT molecular complexity index is 967. The van der Waals surface area contributed by atoms with Crippen LogP contribution in [0.1, 0.15) is 258 Å². The number of carboxylic acid groups (broad SMARTS) is 2. The van der Waals surface area contributed by atoms with Crippen molar-refractivity contribution in [3.05, 3.63) is 0 Å². The van der Waals surface area contributed by atoms with Crippen molar-refractivity contribution in [3.8, 4) is 23.7 Å². The van der Waals surface area contributed by atoms with E-state index < -0.39 is 11.9 Å². The predicted molar refractivity (Wildman–Crippen MR) is 236 cm³/mol. The molecule has 2 amide bonds. The van der Waals surface area contributed by atoms with Crippen LogP contribution in [0.15, 0.2) is 0 Å². The van der Waals surface area contributed by atoms with E-state index in [2.05, 4.69) is 37.5 Å². The zero-order chi connectivity index (χ0) is 42.0. The van der Waals surface area contributed by atoms with Crippen LogP contribution in [0.5, 0.6) is 0 Å². The van der Waals surface area contributed by atoms with E-state index in [0.717, 1.165) is 51.4 Å². The molecule has 0 saturated carbocycles. The Labute approximate surface area is 345 Å². The van der Waals surface area contributed by atoms with E-state index in [1.807, 2.05) is 0 Å². The summed E-state index contributed by atoms with van der Waals surface area (Å²) in [4.78, 5) is 41.5. The fraction of sp³-hybridized carbons (Fsp3) is 0.833. The lowest BCUT2D eigenvalue weighted by atomic mass is 10.0. The number of hydrogen-bond acceptors (Lipinski definition) is 4. The van der Waals surface area contributed by atoms with E-state index in [1.54, 1.807) is 0 Å². The lowest BCUT2D eigenvalue weighted by Gasteiger charge is -2.02. The van der Waals surface area contributed by atoms with Gasteiger partial charge in [-0.05, 0) is 43.9 Å². The van der Waals surface area contributed by atoms with Gasteiger partial charge in [-0.3, -0.25) is 19.2 Å². The van der Waals surface area contributed by atoms with Crippen LogP contribution in [0.2, 0.25) is 0 Å². The molecule has 0 aliphatic rings. The van der Waals surface area contributed by atoms with Crippen molar-refractivity contribution in [3.63, 3.8) is 0 Å². The average molecular weight is 789 g/mol. The average Bonchev–Trinajstić information content (AvgIpc) is 3.15. The van der Waals surface area contributed by atoms with Crippen LogP contribution in [0.25, 0.3) is 0 Å². The van der Waals surface area contributed by atoms with Crippen molar-refractivity contribution in [2.75, 3.05) is 0 Å². The highest BCUT2D eigenvalue weighted by Gasteiger charge is 1.98. The van der Waals surface area contributed by atoms with E-state index in [-0.39, 0.29) is 24.7 Å². The van der Waals surface area contributed by atoms with E-state index >= 15 is 0 Å². The first-order valence-electron chi connectivity index (χ1n) is 23.1. The number of nitrogens with two attached hydrogens (primary N) is 2. The van der Waals surface area contributed by atoms with Gasteiger partial charge in [-0.25, -0.2) is 0 Å². The Morgan fingerprint density at radius 1 is 0.339 bits per heavy atom. The molecular weight excluding hydrogens is 701 g/mol. The van der Waals surface area contributed by atoms with Gasteiger partial charge in [-0.15, -0.1) is 0 Å². The molecule has 0 unspecified atom stereocenters. The summed E-state index contributed by atoms with van der Waals surface area (Å²) in [7, 11) is 0. The van der Waals surface area contributed by atoms with Crippen LogP contribution in [0.4, 0.5) is 0 Å². The molecule has 0 aliphatic heterocycles. The molecule has 8 nitrogen and oxygen atoms in total. The van der Waals surface area contributed by atoms with Gasteiger partial charge in [-0.2, -0.15) is 0 Å². The number of rotatable bonds is 38. The van der Waals surface area contributed by atoms with Gasteiger partial charge in [0.2, 0.25) is 11.8 Å². The Morgan fingerprint density at radius 3 is 0.857 bits per heavy atom. The Morgan fingerprint density at radius 2 is 0.571 bits per heavy atom. The maximum absolute atomic E-state index is 10.5. The molecule has 0 bridgehead atoms. The standard InChI is InChI=1S/2C16H33NO.C16H22O4/c2*1-2-3-4-5-6-7-8-9-10-11-12-13-14-15-16(17)18;17-15(18)13-11-9-7-5-3-1-2-4-6-8-10-12-14-16(19)20/h2*2-15H2,1H3,(H2,17,18);1,3,5,7,9-14H2,(H,17,18)(H,19,20). The third kappa shape index (κ3) is 65.9. The van der Waals surface area contributed by atoms with E-state index in [9.17, 15) is 19.2 Å². The number of unbranched alkanes of at least 4 members (excludes halogenated alkanes) is 30. The summed E-state index contributed by atoms with van der Waals surface area (Å²) < 4.78 is 0. The molecule has 0 fully saturated rings. The second-order valence-electron chi connectivity index (χ2n) is 15.4. The molecule has 0 atom stereocenters. The Hall–Kier alpha value is -3.00. The van der Waals surface area contributed by atoms with Crippen molar-refractivity contribution < 1.29 is 29.4 Å². The highest BCUT2D eigenvalue weighted by Crippen LogP contribution is 2.14. The van der Waals surface area contributed by atoms with Gasteiger partial charge in [0.25, 0.3) is 0 Å². The zero-order valence-corrected chi connectivity index (χ0v) is 36.6. The van der Waals surface area contributed by atoms with Crippen molar-refractivity contribution in [1.29, 1.82) is 0 Å². The fourth-order valence-electron chi connectivity index (χ4n) is 6.20. The first-order chi connectivity index (χ1) is 27.2. The van der Waals surface area contributed by atoms with Gasteiger partial charge >= 0.3 is 11.9 Å². The number of aliphatic carboxylic acids is 2. The minimum atomic E-state index is -0.791. The summed E-state index contributed by atoms with van der Waals surface area (Å²) in [5.74, 6) is 9.43. The molecule has 0 saturated heterocycles. The highest BCUT2D eigenvalue weighted by molar-refractivity contribution is 5.73. The summed E-state index contributed by atoms with van der Waals surface area (Å²) in [5.41, 5.74) is 10.2. The third-order valence-corrected chi connectivity index (χ3v) is 9.68. The fourth-order valence-corrected chi connectivity index (χ4v) is 6.20. The van der Waals surface area contributed by atoms with Gasteiger partial charge in [0, 0.05) is 38.5 Å². The van der Waals surface area contributed by atoms with Crippen LogP contribution in [0, 0.1) is 23.7 Å². The van der Waals surface area contributed by atoms with E-state index in [4.69, 9.17) is 21.7 Å². The molecule has 8 heteroatoms. The van der Waals surface area contributed by atoms with Gasteiger partial charge in [0.15, 0.2) is 0 Å². The molecule has 0 aromatic rings. The Kier molecular flexibility index (Phi) is 53.2. The molecule has 0 heterocycles. The van der Waals surface area contributed by atoms with Gasteiger partial charge in [-0.1, -0.05) is 199 Å². The smallest absolute Gasteiger partial charge is 0.303 e. The largest absolute Gasteiger partial charge is 0.481 e. The molecule has 0 rings (SSSR count). The minimum Gasteiger partial charge on any atom is -0.481 e. The predicted octanol–water partition coefficient (Wildman–Crippen LogP) is 13.0. The SMILES string of the molecule is CCCCCCCCCCCCCCCC(N)=O.CCCCCCCCCCCCCCCC(N)=O.O=C(O)CCCC#CC#CCCCCCCCC(=O)O. The molecular formula is C48H88N2O6. The molecule has 326 valence electrons. The normalized spacial score (nSPS) is 10.1. The number of hydrogen-bond donors (Lipinski definition) is 4. The molecule has 0 aromatic carbocycles. The summed E-state index contributed by atoms with van der Waals surface area (Å²) in [6.45, 7) is 4.53. The van der Waals surface area contributed by atoms with Crippen LogP contribution >= 0.6 is 0 Å². The second-order valence-corrected chi connectivity index (χ2v) is 15.4. The second kappa shape index (κ2) is 52.0. The van der Waals surface area contributed by atoms with Crippen molar-refractivity contribution in [2.24, 2.45) is 11.5 Å². The molecule has 0 aliphatic carbocycles. The maximum atomic E-state index is 10.5. The monoisotopic (exact) mass is 789 g/mol. The third-order valence-electron chi connectivity index (χ3n) is 9.68. The van der Waals surface area contributed by atoms with Crippen LogP contribution in [-0.2, 0) is 19.2 Å². The molecule has 6 N–H and O–H groups in total. The van der Waals surface area contributed by atoms with Gasteiger partial charge < -0.3 is 21.7 Å². The minimum absolute atomic E-state index is 0.155. The molecule has 0 radical (unpaired) electrons. The van der Waals surface area contributed by atoms with Gasteiger partial charge in [0.05, 0.1) is 0 Å². The molecule has 0 spiro atoms. The number of carbonyl (C=O) groups is 4. The maximum Gasteiger partial charge on any atom is 0.303 e. The number of amides is 2. The summed E-state index contributed by atoms with van der Waals surface area (Å²) in [6, 6.07) is 0. The quantitative estimate of drug-likeness (QED) is 0.0360. The Balaban J connectivity index is -0.000000754. The first-order valence-corrected chi connectivity index (χ1v) is 23.1. The van der Waals surface area contributed by atoms with E-state index in [0.29, 0.717) is 25.7 Å². The zero-order valence-electron chi connectivity index (χ0n) is 36.6. The first kappa shape index (κ1) is 57.3.